The number of carbonyl (C=O) groups is 1. The fourth-order valence-electron chi connectivity index (χ4n) is 4.94. The van der Waals surface area contributed by atoms with Gasteiger partial charge in [0.15, 0.2) is 6.10 Å². The van der Waals surface area contributed by atoms with Crippen LogP contribution in [0, 0.1) is 13.8 Å². The first kappa shape index (κ1) is 25.5. The molecule has 0 fully saturated rings. The highest BCUT2D eigenvalue weighted by Crippen LogP contribution is 2.47. The first-order valence-corrected chi connectivity index (χ1v) is 14.1. The Kier molecular flexibility index (Phi) is 7.36. The fourth-order valence-corrected chi connectivity index (χ4v) is 6.85. The van der Waals surface area contributed by atoms with E-state index in [-0.39, 0.29) is 5.97 Å². The van der Waals surface area contributed by atoms with Crippen molar-refractivity contribution >= 4 is 54.1 Å². The lowest BCUT2D eigenvalue weighted by atomic mass is 9.91. The molecule has 1 unspecified atom stereocenters. The number of methoxy groups -OCH3 is 1. The van der Waals surface area contributed by atoms with E-state index in [0.29, 0.717) is 12.2 Å². The van der Waals surface area contributed by atoms with Gasteiger partial charge >= 0.3 is 5.97 Å². The second kappa shape index (κ2) is 10.7. The van der Waals surface area contributed by atoms with E-state index >= 15 is 0 Å². The summed E-state index contributed by atoms with van der Waals surface area (Å²) in [4.78, 5) is 13.9. The quantitative estimate of drug-likeness (QED) is 0.183. The van der Waals surface area contributed by atoms with Gasteiger partial charge in [-0.3, -0.25) is 0 Å². The molecule has 0 spiro atoms. The number of hydrogen-bond donors (Lipinski definition) is 0. The molecule has 0 N–H and O–H groups in total. The van der Waals surface area contributed by atoms with Crippen molar-refractivity contribution in [3.05, 3.63) is 98.8 Å². The van der Waals surface area contributed by atoms with Crippen LogP contribution in [0.25, 0.3) is 32.0 Å². The van der Waals surface area contributed by atoms with Gasteiger partial charge in [0.05, 0.1) is 11.8 Å². The van der Waals surface area contributed by atoms with E-state index in [1.54, 1.807) is 0 Å². The first-order valence-electron chi connectivity index (χ1n) is 12.4. The van der Waals surface area contributed by atoms with E-state index in [1.165, 1.54) is 44.0 Å². The molecule has 0 aliphatic rings. The van der Waals surface area contributed by atoms with Gasteiger partial charge in [0.2, 0.25) is 0 Å². The lowest BCUT2D eigenvalue weighted by molar-refractivity contribution is -0.148. The van der Waals surface area contributed by atoms with E-state index in [4.69, 9.17) is 9.47 Å². The summed E-state index contributed by atoms with van der Waals surface area (Å²) in [5.41, 5.74) is 5.79. The smallest absolute Gasteiger partial charge is 0.347 e. The number of hydrogen-bond acceptors (Lipinski definition) is 4. The highest BCUT2D eigenvalue weighted by Gasteiger charge is 2.24. The van der Waals surface area contributed by atoms with Crippen molar-refractivity contribution in [2.75, 3.05) is 7.11 Å². The predicted molar refractivity (Wildman–Crippen MR) is 158 cm³/mol. The largest absolute Gasteiger partial charge is 0.478 e. The molecule has 4 aromatic carbocycles. The van der Waals surface area contributed by atoms with Crippen molar-refractivity contribution in [3.63, 3.8) is 0 Å². The van der Waals surface area contributed by atoms with E-state index in [9.17, 15) is 4.79 Å². The minimum Gasteiger partial charge on any atom is -0.478 e. The average molecular weight is 574 g/mol. The van der Waals surface area contributed by atoms with Crippen molar-refractivity contribution < 1.29 is 14.3 Å². The minimum absolute atomic E-state index is 0.375. The summed E-state index contributed by atoms with van der Waals surface area (Å²) in [6, 6.07) is 24.8. The molecule has 0 aliphatic carbocycles. The Hall–Kier alpha value is -3.15. The van der Waals surface area contributed by atoms with Crippen molar-refractivity contribution in [2.45, 2.75) is 39.7 Å². The van der Waals surface area contributed by atoms with Crippen LogP contribution in [0.1, 0.15) is 28.5 Å². The number of halogens is 1. The predicted octanol–water partition coefficient (Wildman–Crippen LogP) is 8.83. The van der Waals surface area contributed by atoms with Gasteiger partial charge in [-0.25, -0.2) is 4.79 Å². The maximum absolute atomic E-state index is 12.6. The van der Waals surface area contributed by atoms with Crippen molar-refractivity contribution in [2.24, 2.45) is 0 Å². The third kappa shape index (κ3) is 4.78. The van der Waals surface area contributed by atoms with Crippen LogP contribution in [-0.2, 0) is 22.4 Å². The summed E-state index contributed by atoms with van der Waals surface area (Å²) in [6.07, 6.45) is 0.511. The van der Waals surface area contributed by atoms with Crippen LogP contribution in [0.5, 0.6) is 5.75 Å². The van der Waals surface area contributed by atoms with Gasteiger partial charge in [-0.15, -0.1) is 11.3 Å². The highest BCUT2D eigenvalue weighted by atomic mass is 79.9. The maximum Gasteiger partial charge on any atom is 0.347 e. The zero-order chi connectivity index (χ0) is 26.1. The second-order valence-electron chi connectivity index (χ2n) is 9.22. The van der Waals surface area contributed by atoms with Crippen LogP contribution in [0.3, 0.4) is 0 Å². The Labute approximate surface area is 230 Å². The third-order valence-electron chi connectivity index (χ3n) is 6.99. The number of rotatable bonds is 7. The number of thiophene rings is 1. The SMILES string of the molecule is CCc1cc(-c2c3ccccc3c(Br)c3sc(C)c(C)c23)ccc1OC(Cc1ccccc1)C(=O)OC. The molecule has 0 saturated carbocycles. The van der Waals surface area contributed by atoms with Gasteiger partial charge in [0.25, 0.3) is 0 Å². The molecule has 37 heavy (non-hydrogen) atoms. The normalized spacial score (nSPS) is 12.1. The Morgan fingerprint density at radius 1 is 0.973 bits per heavy atom. The van der Waals surface area contributed by atoms with Crippen LogP contribution < -0.4 is 4.74 Å². The molecule has 5 rings (SSSR count). The summed E-state index contributed by atoms with van der Waals surface area (Å²) in [5, 5.41) is 3.72. The number of benzene rings is 4. The number of aryl methyl sites for hydroxylation is 3. The summed E-state index contributed by atoms with van der Waals surface area (Å²) in [5.74, 6) is 0.341. The van der Waals surface area contributed by atoms with Gasteiger partial charge < -0.3 is 9.47 Å². The summed E-state index contributed by atoms with van der Waals surface area (Å²) in [7, 11) is 1.41. The fraction of sp³-hybridized carbons (Fsp3) is 0.219. The van der Waals surface area contributed by atoms with E-state index < -0.39 is 6.10 Å². The van der Waals surface area contributed by atoms with Crippen LogP contribution in [-0.4, -0.2) is 19.2 Å². The molecule has 0 aliphatic heterocycles. The van der Waals surface area contributed by atoms with Crippen molar-refractivity contribution in [3.8, 4) is 16.9 Å². The zero-order valence-electron chi connectivity index (χ0n) is 21.4. The molecular formula is C32H29BrO3S. The molecule has 3 nitrogen and oxygen atoms in total. The van der Waals surface area contributed by atoms with Gasteiger partial charge in [-0.1, -0.05) is 67.6 Å². The molecule has 0 radical (unpaired) electrons. The lowest BCUT2D eigenvalue weighted by Crippen LogP contribution is -2.31. The maximum atomic E-state index is 12.6. The molecule has 5 heteroatoms. The Morgan fingerprint density at radius 3 is 2.38 bits per heavy atom. The standard InChI is InChI=1S/C32H29BrO3S/c1-5-22-18-23(15-16-26(22)36-27(32(34)35-4)17-21-11-7-6-8-12-21)29-24-13-9-10-14-25(24)30(33)31-28(29)19(2)20(3)37-31/h6-16,18,27H,5,17H2,1-4H3. The van der Waals surface area contributed by atoms with Gasteiger partial charge in [-0.05, 0) is 86.9 Å². The monoisotopic (exact) mass is 572 g/mol. The molecule has 188 valence electrons. The summed E-state index contributed by atoms with van der Waals surface area (Å²) < 4.78 is 13.8. The molecule has 0 saturated heterocycles. The minimum atomic E-state index is -0.717. The van der Waals surface area contributed by atoms with Gasteiger partial charge in [0.1, 0.15) is 5.75 Å². The Balaban J connectivity index is 1.62. The average Bonchev–Trinajstić information content (AvgIpc) is 3.23. The van der Waals surface area contributed by atoms with Crippen LogP contribution >= 0.6 is 27.3 Å². The molecular weight excluding hydrogens is 544 g/mol. The van der Waals surface area contributed by atoms with Gasteiger partial charge in [-0.2, -0.15) is 0 Å². The molecule has 5 aromatic rings. The molecule has 1 atom stereocenters. The number of esters is 1. The highest BCUT2D eigenvalue weighted by molar-refractivity contribution is 9.11. The van der Waals surface area contributed by atoms with E-state index in [0.717, 1.165) is 27.6 Å². The number of fused-ring (bicyclic) bond motifs is 2. The number of carbonyl (C=O) groups excluding carboxylic acids is 1. The number of ether oxygens (including phenoxy) is 2. The van der Waals surface area contributed by atoms with Crippen LogP contribution in [0.4, 0.5) is 0 Å². The second-order valence-corrected chi connectivity index (χ2v) is 11.2. The molecule has 0 bridgehead atoms. The van der Waals surface area contributed by atoms with Crippen molar-refractivity contribution in [1.29, 1.82) is 0 Å². The molecule has 1 aromatic heterocycles. The summed E-state index contributed by atoms with van der Waals surface area (Å²) >= 11 is 5.73. The summed E-state index contributed by atoms with van der Waals surface area (Å²) in [6.45, 7) is 6.52. The van der Waals surface area contributed by atoms with Crippen LogP contribution in [0.15, 0.2) is 77.3 Å². The van der Waals surface area contributed by atoms with Crippen LogP contribution in [0.2, 0.25) is 0 Å². The topological polar surface area (TPSA) is 35.5 Å². The third-order valence-corrected chi connectivity index (χ3v) is 9.31. The lowest BCUT2D eigenvalue weighted by Gasteiger charge is -2.20. The molecule has 1 heterocycles. The van der Waals surface area contributed by atoms with Crippen molar-refractivity contribution in [1.82, 2.24) is 0 Å². The van der Waals surface area contributed by atoms with E-state index in [1.807, 2.05) is 47.7 Å². The van der Waals surface area contributed by atoms with Gasteiger partial charge in [0, 0.05) is 21.2 Å². The Bertz CT molecular complexity index is 1600. The first-order chi connectivity index (χ1) is 17.9. The Morgan fingerprint density at radius 2 is 1.68 bits per heavy atom. The zero-order valence-corrected chi connectivity index (χ0v) is 23.8. The molecule has 0 amide bonds. The van der Waals surface area contributed by atoms with E-state index in [2.05, 4.69) is 73.1 Å².